The SMILES string of the molecule is C.CCCNC(=S)NCCCCC(C=O)NC(=O)NC(CCC(=O)O)C(=O)O.CN(C)c1ccc(/C=C/c2cc[nH+]cc2)cc1.CO. The molecule has 262 valence electrons. The molecule has 2 amide bonds. The monoisotopic (exact) mass is 677 g/mol. The molecule has 0 aliphatic carbocycles. The van der Waals surface area contributed by atoms with Crippen molar-refractivity contribution in [3.63, 3.8) is 0 Å². The van der Waals surface area contributed by atoms with Gasteiger partial charge in [0, 0.05) is 58.5 Å². The number of unbranched alkanes of at least 4 members (excludes halogenated alkanes) is 1. The highest BCUT2D eigenvalue weighted by Gasteiger charge is 2.22. The summed E-state index contributed by atoms with van der Waals surface area (Å²) in [6.45, 7) is 3.45. The first kappa shape index (κ1) is 44.6. The Morgan fingerprint density at radius 3 is 1.98 bits per heavy atom. The number of hydrogen-bond donors (Lipinski definition) is 7. The van der Waals surface area contributed by atoms with Gasteiger partial charge in [-0.15, -0.1) is 0 Å². The molecule has 0 aliphatic rings. The highest BCUT2D eigenvalue weighted by atomic mass is 32.1. The third-order valence-electron chi connectivity index (χ3n) is 6.12. The molecule has 0 saturated carbocycles. The molecule has 2 rings (SSSR count). The predicted octanol–water partition coefficient (Wildman–Crippen LogP) is 3.20. The molecule has 0 radical (unpaired) electrons. The van der Waals surface area contributed by atoms with Gasteiger partial charge in [-0.1, -0.05) is 38.6 Å². The van der Waals surface area contributed by atoms with Crippen LogP contribution in [0.1, 0.15) is 64.0 Å². The van der Waals surface area contributed by atoms with Crippen molar-refractivity contribution in [1.82, 2.24) is 21.3 Å². The number of carboxylic acids is 2. The fourth-order valence-electron chi connectivity index (χ4n) is 3.65. The van der Waals surface area contributed by atoms with Crippen molar-refractivity contribution in [2.45, 2.75) is 65.0 Å². The summed E-state index contributed by atoms with van der Waals surface area (Å²) >= 11 is 5.07. The summed E-state index contributed by atoms with van der Waals surface area (Å²) in [4.78, 5) is 49.6. The van der Waals surface area contributed by atoms with Gasteiger partial charge in [0.15, 0.2) is 17.5 Å². The van der Waals surface area contributed by atoms with Crippen LogP contribution >= 0.6 is 12.2 Å². The zero-order chi connectivity index (χ0) is 34.7. The molecule has 0 fully saturated rings. The minimum Gasteiger partial charge on any atom is -0.481 e. The summed E-state index contributed by atoms with van der Waals surface area (Å²) in [5.74, 6) is -2.50. The van der Waals surface area contributed by atoms with Crippen molar-refractivity contribution in [2.75, 3.05) is 39.2 Å². The van der Waals surface area contributed by atoms with E-state index in [2.05, 4.69) is 67.6 Å². The predicted molar refractivity (Wildman–Crippen MR) is 190 cm³/mol. The Morgan fingerprint density at radius 2 is 1.47 bits per heavy atom. The maximum absolute atomic E-state index is 11.8. The van der Waals surface area contributed by atoms with Gasteiger partial charge in [0.2, 0.25) is 0 Å². The molecule has 1 aromatic heterocycles. The van der Waals surface area contributed by atoms with Gasteiger partial charge in [0.1, 0.15) is 12.3 Å². The zero-order valence-electron chi connectivity index (χ0n) is 27.0. The maximum Gasteiger partial charge on any atom is 0.326 e. The first-order valence-electron chi connectivity index (χ1n) is 14.9. The first-order valence-corrected chi connectivity index (χ1v) is 15.3. The Balaban J connectivity index is 0. The molecule has 13 nitrogen and oxygen atoms in total. The van der Waals surface area contributed by atoms with E-state index >= 15 is 0 Å². The Morgan fingerprint density at radius 1 is 0.894 bits per heavy atom. The van der Waals surface area contributed by atoms with E-state index in [1.807, 2.05) is 45.5 Å². The summed E-state index contributed by atoms with van der Waals surface area (Å²) in [5.41, 5.74) is 3.63. The minimum absolute atomic E-state index is 0. The molecular formula is C33H53N6O7S+. The molecule has 1 aromatic carbocycles. The normalized spacial score (nSPS) is 11.1. The lowest BCUT2D eigenvalue weighted by molar-refractivity contribution is -0.378. The number of H-pyrrole nitrogens is 1. The number of carbonyl (C=O) groups excluding carboxylic acids is 2. The van der Waals surface area contributed by atoms with Crippen LogP contribution in [0.4, 0.5) is 10.5 Å². The summed E-state index contributed by atoms with van der Waals surface area (Å²) in [7, 11) is 5.09. The maximum atomic E-state index is 11.8. The van der Waals surface area contributed by atoms with E-state index in [0.717, 1.165) is 26.5 Å². The second-order valence-electron chi connectivity index (χ2n) is 10.0. The topological polar surface area (TPSA) is 194 Å². The molecule has 0 saturated heterocycles. The van der Waals surface area contributed by atoms with E-state index in [4.69, 9.17) is 27.5 Å². The van der Waals surface area contributed by atoms with Crippen LogP contribution in [0.15, 0.2) is 48.8 Å². The van der Waals surface area contributed by atoms with Crippen LogP contribution in [0.2, 0.25) is 0 Å². The fraction of sp³-hybridized carbons (Fsp3) is 0.455. The lowest BCUT2D eigenvalue weighted by Gasteiger charge is -2.17. The lowest BCUT2D eigenvalue weighted by atomic mass is 10.1. The van der Waals surface area contributed by atoms with E-state index in [0.29, 0.717) is 30.8 Å². The quantitative estimate of drug-likeness (QED) is 0.0738. The molecule has 0 spiro atoms. The number of urea groups is 1. The van der Waals surface area contributed by atoms with Crippen LogP contribution in [0.25, 0.3) is 12.2 Å². The Hall–Kier alpha value is -4.56. The highest BCUT2D eigenvalue weighted by molar-refractivity contribution is 7.80. The van der Waals surface area contributed by atoms with Crippen LogP contribution in [0.3, 0.4) is 0 Å². The molecule has 8 N–H and O–H groups in total. The average molecular weight is 678 g/mol. The van der Waals surface area contributed by atoms with Crippen molar-refractivity contribution < 1.29 is 39.5 Å². The summed E-state index contributed by atoms with van der Waals surface area (Å²) in [6.07, 6.45) is 10.8. The number of rotatable bonds is 17. The number of pyridine rings is 1. The number of carboxylic acid groups (broad SMARTS) is 2. The van der Waals surface area contributed by atoms with Crippen LogP contribution < -0.4 is 31.2 Å². The van der Waals surface area contributed by atoms with Crippen LogP contribution in [0.5, 0.6) is 0 Å². The Kier molecular flexibility index (Phi) is 26.3. The van der Waals surface area contributed by atoms with Crippen molar-refractivity contribution in [3.8, 4) is 0 Å². The number of aromatic nitrogens is 1. The van der Waals surface area contributed by atoms with Gasteiger partial charge in [-0.3, -0.25) is 4.79 Å². The van der Waals surface area contributed by atoms with E-state index in [-0.39, 0.29) is 13.8 Å². The summed E-state index contributed by atoms with van der Waals surface area (Å²) < 4.78 is 0. The van der Waals surface area contributed by atoms with Crippen molar-refractivity contribution >= 4 is 59.4 Å². The highest BCUT2D eigenvalue weighted by Crippen LogP contribution is 2.14. The van der Waals surface area contributed by atoms with Crippen LogP contribution in [-0.4, -0.2) is 91.1 Å². The first-order chi connectivity index (χ1) is 22.0. The minimum atomic E-state index is -1.34. The molecule has 2 unspecified atom stereocenters. The van der Waals surface area contributed by atoms with E-state index in [1.165, 1.54) is 16.8 Å². The molecule has 2 atom stereocenters. The van der Waals surface area contributed by atoms with Crippen molar-refractivity contribution in [2.24, 2.45) is 0 Å². The number of thiocarbonyl (C=S) groups is 1. The van der Waals surface area contributed by atoms with Crippen molar-refractivity contribution in [3.05, 3.63) is 59.9 Å². The molecule has 47 heavy (non-hydrogen) atoms. The second kappa shape index (κ2) is 27.7. The van der Waals surface area contributed by atoms with E-state index in [9.17, 15) is 19.2 Å². The number of nitrogens with zero attached hydrogens (tertiary/aromatic N) is 1. The molecular weight excluding hydrogens is 624 g/mol. The summed E-state index contributed by atoms with van der Waals surface area (Å²) in [5, 5.41) is 35.8. The number of benzene rings is 1. The second-order valence-corrected chi connectivity index (χ2v) is 10.4. The molecule has 2 aromatic rings. The molecule has 0 aliphatic heterocycles. The smallest absolute Gasteiger partial charge is 0.326 e. The van der Waals surface area contributed by atoms with Gasteiger partial charge in [-0.05, 0) is 67.6 Å². The van der Waals surface area contributed by atoms with Gasteiger partial charge in [-0.25, -0.2) is 14.6 Å². The number of aliphatic carboxylic acids is 2. The zero-order valence-corrected chi connectivity index (χ0v) is 27.8. The number of anilines is 1. The molecule has 1 heterocycles. The number of carbonyl (C=O) groups is 4. The number of nitrogens with one attached hydrogen (secondary N) is 5. The Bertz CT molecular complexity index is 1200. The number of amides is 2. The van der Waals surface area contributed by atoms with Crippen LogP contribution in [0, 0.1) is 0 Å². The number of aliphatic hydroxyl groups is 1. The third-order valence-corrected chi connectivity index (χ3v) is 6.40. The number of aldehydes is 1. The van der Waals surface area contributed by atoms with E-state index < -0.39 is 36.5 Å². The molecule has 14 heteroatoms. The average Bonchev–Trinajstić information content (AvgIpc) is 3.05. The largest absolute Gasteiger partial charge is 0.481 e. The third kappa shape index (κ3) is 22.6. The summed E-state index contributed by atoms with van der Waals surface area (Å²) in [6, 6.07) is 9.67. The van der Waals surface area contributed by atoms with E-state index in [1.54, 1.807) is 0 Å². The Labute approximate surface area is 283 Å². The number of aliphatic hydroxyl groups excluding tert-OH is 1. The van der Waals surface area contributed by atoms with Gasteiger partial charge >= 0.3 is 18.0 Å². The van der Waals surface area contributed by atoms with Gasteiger partial charge in [0.05, 0.1) is 6.04 Å². The van der Waals surface area contributed by atoms with Gasteiger partial charge in [0.25, 0.3) is 0 Å². The lowest BCUT2D eigenvalue weighted by Crippen LogP contribution is -2.49. The van der Waals surface area contributed by atoms with Gasteiger partial charge < -0.3 is 46.3 Å². The standard InChI is InChI=1S/C16H28N4O6S.C15H16N2.CH4O.CH4/c1-2-8-17-16(27)18-9-4-3-5-11(10-21)19-15(26)20-12(14(24)25)6-7-13(22)23;1-17(2)15-7-5-13(6-8-15)3-4-14-9-11-16-12-10-14;1-2;/h10-12H,2-9H2,1H3,(H,22,23)(H,24,25)(H2,17,18,27)(H2,19,20,26);3-12H,1-2H3;2H,1H3;1H4/p+1/b;4-3+;;. The fourth-order valence-corrected chi connectivity index (χ4v) is 3.85. The number of aromatic amines is 1. The van der Waals surface area contributed by atoms with Crippen LogP contribution in [-0.2, 0) is 14.4 Å². The molecule has 0 bridgehead atoms. The van der Waals surface area contributed by atoms with Crippen molar-refractivity contribution in [1.29, 1.82) is 0 Å². The van der Waals surface area contributed by atoms with Gasteiger partial charge in [-0.2, -0.15) is 0 Å². The number of hydrogen-bond acceptors (Lipinski definition) is 7.